The van der Waals surface area contributed by atoms with Crippen molar-refractivity contribution in [2.75, 3.05) is 0 Å². The average molecular weight is 249 g/mol. The molecule has 92 valence electrons. The Morgan fingerprint density at radius 1 is 0.842 bits per heavy atom. The molecule has 19 heavy (non-hydrogen) atoms. The lowest BCUT2D eigenvalue weighted by atomic mass is 10.1. The number of hydrogen-bond donors (Lipinski definition) is 0. The van der Waals surface area contributed by atoms with Crippen molar-refractivity contribution in [3.05, 3.63) is 77.7 Å². The summed E-state index contributed by atoms with van der Waals surface area (Å²) in [6, 6.07) is 18.5. The monoisotopic (exact) mass is 249 g/mol. The Hall–Kier alpha value is -2.48. The number of pyridine rings is 1. The zero-order valence-electron chi connectivity index (χ0n) is 10.3. The van der Waals surface area contributed by atoms with Crippen LogP contribution in [0.3, 0.4) is 0 Å². The number of hydrogen-bond acceptors (Lipinski definition) is 1. The molecule has 0 aliphatic rings. The quantitative estimate of drug-likeness (QED) is 0.649. The molecule has 0 saturated heterocycles. The third-order valence-electron chi connectivity index (χ3n) is 2.92. The van der Waals surface area contributed by atoms with Gasteiger partial charge in [0, 0.05) is 5.39 Å². The van der Waals surface area contributed by atoms with Crippen molar-refractivity contribution >= 4 is 23.1 Å². The van der Waals surface area contributed by atoms with Crippen molar-refractivity contribution in [3.63, 3.8) is 0 Å². The minimum absolute atomic E-state index is 0.228. The summed E-state index contributed by atoms with van der Waals surface area (Å²) in [4.78, 5) is 4.53. The van der Waals surface area contributed by atoms with E-state index in [2.05, 4.69) is 4.98 Å². The molecular weight excluding hydrogens is 237 g/mol. The first-order chi connectivity index (χ1) is 9.31. The third kappa shape index (κ3) is 2.68. The van der Waals surface area contributed by atoms with Crippen molar-refractivity contribution in [1.29, 1.82) is 0 Å². The highest BCUT2D eigenvalue weighted by atomic mass is 19.1. The maximum atomic E-state index is 13.1. The number of aromatic nitrogens is 1. The van der Waals surface area contributed by atoms with Crippen LogP contribution < -0.4 is 0 Å². The number of rotatable bonds is 2. The summed E-state index contributed by atoms with van der Waals surface area (Å²) in [5.41, 5.74) is 2.65. The van der Waals surface area contributed by atoms with Gasteiger partial charge in [-0.15, -0.1) is 0 Å². The number of benzene rings is 2. The van der Waals surface area contributed by atoms with Gasteiger partial charge < -0.3 is 0 Å². The Kier molecular flexibility index (Phi) is 3.07. The van der Waals surface area contributed by atoms with E-state index in [0.29, 0.717) is 0 Å². The molecule has 0 bridgehead atoms. The summed E-state index contributed by atoms with van der Waals surface area (Å²) in [5.74, 6) is -0.228. The van der Waals surface area contributed by atoms with Crippen molar-refractivity contribution in [1.82, 2.24) is 4.98 Å². The Morgan fingerprint density at radius 3 is 2.63 bits per heavy atom. The summed E-state index contributed by atoms with van der Waals surface area (Å²) in [6.45, 7) is 0. The summed E-state index contributed by atoms with van der Waals surface area (Å²) in [6.07, 6.45) is 3.75. The van der Waals surface area contributed by atoms with E-state index in [1.54, 1.807) is 6.07 Å². The molecule has 0 N–H and O–H groups in total. The molecule has 1 nitrogen and oxygen atoms in total. The van der Waals surface area contributed by atoms with E-state index < -0.39 is 0 Å². The molecule has 1 heterocycles. The zero-order valence-corrected chi connectivity index (χ0v) is 10.3. The van der Waals surface area contributed by atoms with Gasteiger partial charge in [0.05, 0.1) is 11.2 Å². The Bertz CT molecular complexity index is 747. The van der Waals surface area contributed by atoms with E-state index >= 15 is 0 Å². The summed E-state index contributed by atoms with van der Waals surface area (Å²) in [7, 11) is 0. The second-order valence-electron chi connectivity index (χ2n) is 4.32. The Morgan fingerprint density at radius 2 is 1.74 bits per heavy atom. The van der Waals surface area contributed by atoms with Gasteiger partial charge in [-0.2, -0.15) is 0 Å². The minimum Gasteiger partial charge on any atom is -0.248 e. The predicted octanol–water partition coefficient (Wildman–Crippen LogP) is 4.54. The van der Waals surface area contributed by atoms with Gasteiger partial charge in [-0.1, -0.05) is 42.5 Å². The maximum absolute atomic E-state index is 13.1. The van der Waals surface area contributed by atoms with Crippen LogP contribution in [0.1, 0.15) is 11.3 Å². The van der Waals surface area contributed by atoms with Crippen molar-refractivity contribution in [3.8, 4) is 0 Å². The lowest BCUT2D eigenvalue weighted by Crippen LogP contribution is -1.82. The first-order valence-electron chi connectivity index (χ1n) is 6.11. The highest BCUT2D eigenvalue weighted by Gasteiger charge is 1.95. The van der Waals surface area contributed by atoms with E-state index in [-0.39, 0.29) is 5.82 Å². The zero-order chi connectivity index (χ0) is 13.1. The van der Waals surface area contributed by atoms with Crippen LogP contribution in [-0.2, 0) is 0 Å². The fourth-order valence-corrected chi connectivity index (χ4v) is 1.97. The van der Waals surface area contributed by atoms with Gasteiger partial charge in [-0.25, -0.2) is 9.37 Å². The number of halogens is 1. The molecule has 0 fully saturated rings. The summed E-state index contributed by atoms with van der Waals surface area (Å²) in [5, 5.41) is 1.12. The lowest BCUT2D eigenvalue weighted by molar-refractivity contribution is 0.627. The molecule has 0 aliphatic heterocycles. The van der Waals surface area contributed by atoms with Crippen molar-refractivity contribution < 1.29 is 4.39 Å². The molecule has 0 saturated carbocycles. The van der Waals surface area contributed by atoms with Crippen LogP contribution in [0.25, 0.3) is 23.1 Å². The molecule has 3 rings (SSSR count). The van der Waals surface area contributed by atoms with Crippen LogP contribution in [0.15, 0.2) is 60.7 Å². The topological polar surface area (TPSA) is 12.9 Å². The van der Waals surface area contributed by atoms with Gasteiger partial charge in [-0.05, 0) is 35.9 Å². The van der Waals surface area contributed by atoms with E-state index in [9.17, 15) is 4.39 Å². The minimum atomic E-state index is -0.228. The van der Waals surface area contributed by atoms with Gasteiger partial charge in [0.1, 0.15) is 5.82 Å². The van der Waals surface area contributed by atoms with Gasteiger partial charge in [0.15, 0.2) is 0 Å². The molecule has 0 spiro atoms. The fourth-order valence-electron chi connectivity index (χ4n) is 1.97. The molecule has 0 unspecified atom stereocenters. The van der Waals surface area contributed by atoms with Crippen LogP contribution >= 0.6 is 0 Å². The Balaban J connectivity index is 1.92. The summed E-state index contributed by atoms with van der Waals surface area (Å²) >= 11 is 0. The molecule has 0 radical (unpaired) electrons. The van der Waals surface area contributed by atoms with Crippen molar-refractivity contribution in [2.24, 2.45) is 0 Å². The van der Waals surface area contributed by atoms with Crippen LogP contribution in [0.2, 0.25) is 0 Å². The lowest BCUT2D eigenvalue weighted by Gasteiger charge is -1.98. The SMILES string of the molecule is Fc1cccc(/C=C/c2ccc3ccccc3n2)c1. The normalized spacial score (nSPS) is 11.2. The highest BCUT2D eigenvalue weighted by Crippen LogP contribution is 2.14. The molecule has 1 aromatic heterocycles. The molecule has 0 amide bonds. The van der Waals surface area contributed by atoms with Crippen LogP contribution in [0, 0.1) is 5.82 Å². The number of fused-ring (bicyclic) bond motifs is 1. The van der Waals surface area contributed by atoms with Crippen LogP contribution in [0.5, 0.6) is 0 Å². The average Bonchev–Trinajstić information content (AvgIpc) is 2.45. The molecular formula is C17H12FN. The number of nitrogens with zero attached hydrogens (tertiary/aromatic N) is 1. The van der Waals surface area contributed by atoms with Crippen molar-refractivity contribution in [2.45, 2.75) is 0 Å². The van der Waals surface area contributed by atoms with Crippen LogP contribution in [-0.4, -0.2) is 4.98 Å². The predicted molar refractivity (Wildman–Crippen MR) is 77.1 cm³/mol. The Labute approximate surface area is 111 Å². The fraction of sp³-hybridized carbons (Fsp3) is 0. The van der Waals surface area contributed by atoms with Gasteiger partial charge in [0.2, 0.25) is 0 Å². The van der Waals surface area contributed by atoms with E-state index in [4.69, 9.17) is 0 Å². The molecule has 0 atom stereocenters. The van der Waals surface area contributed by atoms with E-state index in [1.807, 2.05) is 54.6 Å². The van der Waals surface area contributed by atoms with Gasteiger partial charge in [0.25, 0.3) is 0 Å². The molecule has 3 aromatic rings. The first kappa shape index (κ1) is 11.6. The van der Waals surface area contributed by atoms with E-state index in [1.165, 1.54) is 12.1 Å². The van der Waals surface area contributed by atoms with Gasteiger partial charge in [-0.3, -0.25) is 0 Å². The molecule has 2 aromatic carbocycles. The van der Waals surface area contributed by atoms with Gasteiger partial charge >= 0.3 is 0 Å². The third-order valence-corrected chi connectivity index (χ3v) is 2.92. The second kappa shape index (κ2) is 5.02. The highest BCUT2D eigenvalue weighted by molar-refractivity contribution is 5.80. The smallest absolute Gasteiger partial charge is 0.123 e. The van der Waals surface area contributed by atoms with Crippen LogP contribution in [0.4, 0.5) is 4.39 Å². The molecule has 0 aliphatic carbocycles. The molecule has 2 heteroatoms. The second-order valence-corrected chi connectivity index (χ2v) is 4.32. The van der Waals surface area contributed by atoms with E-state index in [0.717, 1.165) is 22.2 Å². The number of para-hydroxylation sites is 1. The maximum Gasteiger partial charge on any atom is 0.123 e. The first-order valence-corrected chi connectivity index (χ1v) is 6.11. The standard InChI is InChI=1S/C17H12FN/c18-15-6-3-4-13(12-15)8-10-16-11-9-14-5-1-2-7-17(14)19-16/h1-12H/b10-8+. The summed E-state index contributed by atoms with van der Waals surface area (Å²) < 4.78 is 13.1. The largest absolute Gasteiger partial charge is 0.248 e.